The van der Waals surface area contributed by atoms with Crippen LogP contribution in [0.3, 0.4) is 0 Å². The van der Waals surface area contributed by atoms with Crippen LogP contribution in [-0.4, -0.2) is 34.9 Å². The lowest BCUT2D eigenvalue weighted by Crippen LogP contribution is -2.30. The number of aromatic nitrogens is 2. The molecular weight excluding hydrogens is 230 g/mol. The van der Waals surface area contributed by atoms with Gasteiger partial charge in [-0.3, -0.25) is 4.68 Å². The number of halogens is 1. The maximum atomic E-state index is 6.20. The smallest absolute Gasteiger partial charge is 0.0847 e. The van der Waals surface area contributed by atoms with Gasteiger partial charge in [-0.1, -0.05) is 11.6 Å². The first kappa shape index (κ1) is 12.9. The lowest BCUT2D eigenvalue weighted by Gasteiger charge is -2.14. The van der Waals surface area contributed by atoms with Crippen LogP contribution < -0.4 is 5.32 Å². The van der Waals surface area contributed by atoms with E-state index < -0.39 is 0 Å². The predicted molar refractivity (Wildman–Crippen MR) is 67.9 cm³/mol. The number of aryl methyl sites for hydroxylation is 2. The Morgan fingerprint density at radius 1 is 1.60 bits per heavy atom. The fourth-order valence-corrected chi connectivity index (χ4v) is 2.50. The minimum absolute atomic E-state index is 0.451. The second-order valence-electron chi connectivity index (χ2n) is 3.61. The number of thioether (sulfide) groups is 1. The van der Waals surface area contributed by atoms with Crippen LogP contribution in [0.15, 0.2) is 0 Å². The van der Waals surface area contributed by atoms with E-state index in [1.54, 1.807) is 0 Å². The molecule has 1 aromatic rings. The van der Waals surface area contributed by atoms with Gasteiger partial charge in [-0.2, -0.15) is 16.9 Å². The Morgan fingerprint density at radius 2 is 2.27 bits per heavy atom. The second kappa shape index (κ2) is 5.77. The predicted octanol–water partition coefficient (Wildman–Crippen LogP) is 1.88. The van der Waals surface area contributed by atoms with Gasteiger partial charge >= 0.3 is 0 Å². The molecule has 0 saturated carbocycles. The third kappa shape index (κ3) is 3.13. The van der Waals surface area contributed by atoms with Crippen molar-refractivity contribution in [2.45, 2.75) is 19.4 Å². The van der Waals surface area contributed by atoms with Crippen LogP contribution in [0.4, 0.5) is 0 Å². The number of nitrogens with zero attached hydrogens (tertiary/aromatic N) is 2. The van der Waals surface area contributed by atoms with Crippen molar-refractivity contribution >= 4 is 23.4 Å². The normalized spacial score (nSPS) is 13.1. The zero-order valence-corrected chi connectivity index (χ0v) is 11.2. The molecule has 0 aliphatic rings. The van der Waals surface area contributed by atoms with Gasteiger partial charge in [0.15, 0.2) is 0 Å². The number of nitrogens with one attached hydrogen (secondary N) is 1. The monoisotopic (exact) mass is 247 g/mol. The van der Waals surface area contributed by atoms with Crippen molar-refractivity contribution in [2.24, 2.45) is 7.05 Å². The zero-order valence-electron chi connectivity index (χ0n) is 9.67. The molecule has 3 nitrogen and oxygen atoms in total. The molecule has 0 amide bonds. The average molecular weight is 248 g/mol. The van der Waals surface area contributed by atoms with Gasteiger partial charge in [0.2, 0.25) is 0 Å². The minimum Gasteiger partial charge on any atom is -0.316 e. The summed E-state index contributed by atoms with van der Waals surface area (Å²) < 4.78 is 1.88. The highest BCUT2D eigenvalue weighted by molar-refractivity contribution is 7.98. The fraction of sp³-hybridized carbons (Fsp3) is 0.700. The molecule has 1 aromatic heterocycles. The van der Waals surface area contributed by atoms with E-state index in [-0.39, 0.29) is 0 Å². The van der Waals surface area contributed by atoms with E-state index in [9.17, 15) is 0 Å². The van der Waals surface area contributed by atoms with Gasteiger partial charge in [-0.15, -0.1) is 0 Å². The SMILES string of the molecule is CNC(CSC)Cc1c(Cl)c(C)nn1C. The molecule has 86 valence electrons. The van der Waals surface area contributed by atoms with Crippen LogP contribution in [0, 0.1) is 6.92 Å². The maximum absolute atomic E-state index is 6.20. The molecule has 0 fully saturated rings. The quantitative estimate of drug-likeness (QED) is 0.862. The highest BCUT2D eigenvalue weighted by Gasteiger charge is 2.15. The molecule has 0 saturated heterocycles. The van der Waals surface area contributed by atoms with Crippen molar-refractivity contribution in [3.8, 4) is 0 Å². The van der Waals surface area contributed by atoms with Gasteiger partial charge < -0.3 is 5.32 Å². The molecule has 1 N–H and O–H groups in total. The van der Waals surface area contributed by atoms with Crippen LogP contribution in [0.2, 0.25) is 5.02 Å². The molecule has 0 radical (unpaired) electrons. The van der Waals surface area contributed by atoms with E-state index >= 15 is 0 Å². The van der Waals surface area contributed by atoms with Crippen LogP contribution in [0.5, 0.6) is 0 Å². The highest BCUT2D eigenvalue weighted by atomic mass is 35.5. The molecule has 1 unspecified atom stereocenters. The Hall–Kier alpha value is -0.190. The summed E-state index contributed by atoms with van der Waals surface area (Å²) in [5, 5.41) is 8.41. The van der Waals surface area contributed by atoms with E-state index in [0.29, 0.717) is 6.04 Å². The standard InChI is InChI=1S/C10H18ClN3S/c1-7-10(11)9(14(3)13-7)5-8(12-2)6-15-4/h8,12H,5-6H2,1-4H3. The van der Waals surface area contributed by atoms with Gasteiger partial charge in [0, 0.05) is 25.3 Å². The Bertz CT molecular complexity index is 325. The fourth-order valence-electron chi connectivity index (χ4n) is 1.58. The zero-order chi connectivity index (χ0) is 11.4. The summed E-state index contributed by atoms with van der Waals surface area (Å²) in [6.07, 6.45) is 3.04. The molecule has 1 atom stereocenters. The summed E-state index contributed by atoms with van der Waals surface area (Å²) in [4.78, 5) is 0. The van der Waals surface area contributed by atoms with Gasteiger partial charge in [-0.25, -0.2) is 0 Å². The van der Waals surface area contributed by atoms with E-state index in [0.717, 1.165) is 28.6 Å². The third-order valence-electron chi connectivity index (χ3n) is 2.48. The van der Waals surface area contributed by atoms with Gasteiger partial charge in [0.1, 0.15) is 0 Å². The molecule has 0 bridgehead atoms. The van der Waals surface area contributed by atoms with Crippen LogP contribution in [-0.2, 0) is 13.5 Å². The number of rotatable bonds is 5. The van der Waals surface area contributed by atoms with Crippen molar-refractivity contribution < 1.29 is 0 Å². The molecule has 0 aliphatic heterocycles. The van der Waals surface area contributed by atoms with Gasteiger partial charge in [-0.05, 0) is 20.2 Å². The van der Waals surface area contributed by atoms with Crippen LogP contribution >= 0.6 is 23.4 Å². The Labute approximate surface area is 101 Å². The molecule has 1 heterocycles. The Balaban J connectivity index is 2.78. The molecule has 1 rings (SSSR count). The highest BCUT2D eigenvalue weighted by Crippen LogP contribution is 2.21. The summed E-state index contributed by atoms with van der Waals surface area (Å²) >= 11 is 8.03. The topological polar surface area (TPSA) is 29.9 Å². The second-order valence-corrected chi connectivity index (χ2v) is 4.90. The van der Waals surface area contributed by atoms with Crippen molar-refractivity contribution in [1.29, 1.82) is 0 Å². The van der Waals surface area contributed by atoms with Crippen LogP contribution in [0.25, 0.3) is 0 Å². The lowest BCUT2D eigenvalue weighted by molar-refractivity contribution is 0.582. The first-order valence-electron chi connectivity index (χ1n) is 4.94. The van der Waals surface area contributed by atoms with Crippen molar-refractivity contribution in [1.82, 2.24) is 15.1 Å². The van der Waals surface area contributed by atoms with Crippen molar-refractivity contribution in [3.63, 3.8) is 0 Å². The molecule has 0 spiro atoms. The maximum Gasteiger partial charge on any atom is 0.0847 e. The van der Waals surface area contributed by atoms with Crippen LogP contribution in [0.1, 0.15) is 11.4 Å². The average Bonchev–Trinajstić information content (AvgIpc) is 2.44. The summed E-state index contributed by atoms with van der Waals surface area (Å²) in [7, 11) is 3.93. The number of hydrogen-bond acceptors (Lipinski definition) is 3. The third-order valence-corrected chi connectivity index (χ3v) is 3.70. The summed E-state index contributed by atoms with van der Waals surface area (Å²) in [5.41, 5.74) is 2.02. The van der Waals surface area contributed by atoms with Gasteiger partial charge in [0.25, 0.3) is 0 Å². The van der Waals surface area contributed by atoms with Crippen molar-refractivity contribution in [3.05, 3.63) is 16.4 Å². The summed E-state index contributed by atoms with van der Waals surface area (Å²) in [6, 6.07) is 0.451. The largest absolute Gasteiger partial charge is 0.316 e. The minimum atomic E-state index is 0.451. The molecule has 0 aliphatic carbocycles. The Kier molecular flexibility index (Phi) is 4.96. The lowest BCUT2D eigenvalue weighted by atomic mass is 10.2. The van der Waals surface area contributed by atoms with E-state index in [4.69, 9.17) is 11.6 Å². The number of hydrogen-bond donors (Lipinski definition) is 1. The molecule has 0 aromatic carbocycles. The summed E-state index contributed by atoms with van der Waals surface area (Å²) in [5.74, 6) is 1.08. The molecule has 15 heavy (non-hydrogen) atoms. The van der Waals surface area contributed by atoms with E-state index in [1.165, 1.54) is 0 Å². The van der Waals surface area contributed by atoms with E-state index in [2.05, 4.69) is 16.7 Å². The first-order chi connectivity index (χ1) is 7.10. The Morgan fingerprint density at radius 3 is 2.67 bits per heavy atom. The number of likely N-dealkylation sites (N-methyl/N-ethyl adjacent to an activating group) is 1. The van der Waals surface area contributed by atoms with E-state index in [1.807, 2.05) is 37.5 Å². The summed E-state index contributed by atoms with van der Waals surface area (Å²) in [6.45, 7) is 1.94. The first-order valence-corrected chi connectivity index (χ1v) is 6.71. The molecular formula is C10H18ClN3S. The van der Waals surface area contributed by atoms with Gasteiger partial charge in [0.05, 0.1) is 16.4 Å². The molecule has 5 heteroatoms. The van der Waals surface area contributed by atoms with Crippen molar-refractivity contribution in [2.75, 3.05) is 19.1 Å².